The molecule has 5 nitrogen and oxygen atoms in total. The van der Waals surface area contributed by atoms with E-state index in [0.29, 0.717) is 19.0 Å². The van der Waals surface area contributed by atoms with E-state index in [1.165, 1.54) is 19.4 Å². The fourth-order valence-corrected chi connectivity index (χ4v) is 3.87. The number of carbonyl (C=O) groups excluding carboxylic acids is 1. The summed E-state index contributed by atoms with van der Waals surface area (Å²) in [4.78, 5) is 16.8. The maximum Gasteiger partial charge on any atom is 0.317 e. The average Bonchev–Trinajstić information content (AvgIpc) is 2.65. The van der Waals surface area contributed by atoms with Gasteiger partial charge in [-0.3, -0.25) is 0 Å². The number of hydrogen-bond donors (Lipinski definition) is 2. The van der Waals surface area contributed by atoms with E-state index < -0.39 is 6.10 Å². The number of β-amino-alcohol motifs (C(OH)–C–C–N with tert-alkyl or cyclic N) is 1. The summed E-state index contributed by atoms with van der Waals surface area (Å²) < 4.78 is 0. The lowest BCUT2D eigenvalue weighted by molar-refractivity contribution is 0.103. The van der Waals surface area contributed by atoms with E-state index in [-0.39, 0.29) is 6.03 Å². The van der Waals surface area contributed by atoms with Crippen LogP contribution >= 0.6 is 0 Å². The van der Waals surface area contributed by atoms with Crippen LogP contribution < -0.4 is 5.32 Å². The number of amides is 2. The molecule has 0 bridgehead atoms. The highest BCUT2D eigenvalue weighted by Gasteiger charge is 2.27. The number of nitrogens with zero attached hydrogens (tertiary/aromatic N) is 2. The fraction of sp³-hybridized carbons (Fsp3) is 0.650. The monoisotopic (exact) mass is 345 g/mol. The fourth-order valence-electron chi connectivity index (χ4n) is 3.87. The molecule has 2 aliphatic heterocycles. The highest BCUT2D eigenvalue weighted by atomic mass is 16.3. The summed E-state index contributed by atoms with van der Waals surface area (Å²) in [5, 5.41) is 13.4. The van der Waals surface area contributed by atoms with Gasteiger partial charge in [-0.25, -0.2) is 4.79 Å². The van der Waals surface area contributed by atoms with E-state index in [1.807, 2.05) is 24.3 Å². The Hall–Kier alpha value is -1.59. The number of likely N-dealkylation sites (tertiary alicyclic amines) is 1. The van der Waals surface area contributed by atoms with Gasteiger partial charge in [0.25, 0.3) is 0 Å². The highest BCUT2D eigenvalue weighted by Crippen LogP contribution is 2.26. The van der Waals surface area contributed by atoms with Gasteiger partial charge in [0.05, 0.1) is 12.6 Å². The molecule has 3 rings (SSSR count). The van der Waals surface area contributed by atoms with E-state index >= 15 is 0 Å². The first kappa shape index (κ1) is 18.2. The van der Waals surface area contributed by atoms with Crippen LogP contribution in [0, 0.1) is 5.92 Å². The molecule has 1 saturated heterocycles. The van der Waals surface area contributed by atoms with Gasteiger partial charge in [0.2, 0.25) is 0 Å². The number of urea groups is 1. The van der Waals surface area contributed by atoms with Crippen molar-refractivity contribution in [3.8, 4) is 0 Å². The Labute approximate surface area is 151 Å². The predicted octanol–water partition coefficient (Wildman–Crippen LogP) is 2.76. The van der Waals surface area contributed by atoms with Crippen molar-refractivity contribution in [1.82, 2.24) is 15.1 Å². The van der Waals surface area contributed by atoms with Crippen LogP contribution in [0.5, 0.6) is 0 Å². The van der Waals surface area contributed by atoms with Crippen LogP contribution in [0.2, 0.25) is 0 Å². The number of fused-ring (bicyclic) bond motifs is 1. The Bertz CT molecular complexity index is 570. The second kappa shape index (κ2) is 8.68. The Kier molecular flexibility index (Phi) is 6.32. The van der Waals surface area contributed by atoms with Crippen LogP contribution in [0.4, 0.5) is 4.79 Å². The molecular weight excluding hydrogens is 314 g/mol. The summed E-state index contributed by atoms with van der Waals surface area (Å²) in [6.45, 7) is 7.44. The molecule has 0 spiro atoms. The minimum Gasteiger partial charge on any atom is -0.387 e. The first-order valence-electron chi connectivity index (χ1n) is 9.68. The zero-order chi connectivity index (χ0) is 17.6. The van der Waals surface area contributed by atoms with Crippen LogP contribution in [-0.4, -0.2) is 53.7 Å². The van der Waals surface area contributed by atoms with Crippen LogP contribution in [-0.2, 0) is 6.54 Å². The predicted molar refractivity (Wildman–Crippen MR) is 99.3 cm³/mol. The largest absolute Gasteiger partial charge is 0.387 e. The van der Waals surface area contributed by atoms with Crippen molar-refractivity contribution in [3.63, 3.8) is 0 Å². The van der Waals surface area contributed by atoms with Crippen molar-refractivity contribution in [2.24, 2.45) is 5.92 Å². The lowest BCUT2D eigenvalue weighted by Crippen LogP contribution is -2.46. The van der Waals surface area contributed by atoms with Crippen molar-refractivity contribution in [2.45, 2.75) is 45.3 Å². The van der Waals surface area contributed by atoms with Gasteiger partial charge in [0, 0.05) is 13.1 Å². The lowest BCUT2D eigenvalue weighted by atomic mass is 9.96. The molecule has 0 saturated carbocycles. The standard InChI is InChI=1S/C20H31N3O2/c1-2-3-10-22-11-8-16(9-12-22)13-21-20(25)23-14-17-6-4-5-7-18(17)19(24)15-23/h4-7,16,19,24H,2-3,8-15H2,1H3,(H,21,25). The van der Waals surface area contributed by atoms with Crippen LogP contribution in [0.25, 0.3) is 0 Å². The Morgan fingerprint density at radius 2 is 2.04 bits per heavy atom. The number of aliphatic hydroxyl groups is 1. The normalized spacial score (nSPS) is 21.8. The maximum atomic E-state index is 12.5. The van der Waals surface area contributed by atoms with E-state index in [2.05, 4.69) is 17.1 Å². The molecule has 2 amide bonds. The third-order valence-corrected chi connectivity index (χ3v) is 5.53. The number of aliphatic hydroxyl groups excluding tert-OH is 1. The number of hydrogen-bond acceptors (Lipinski definition) is 3. The number of piperidine rings is 1. The van der Waals surface area contributed by atoms with Gasteiger partial charge in [-0.1, -0.05) is 37.6 Å². The third-order valence-electron chi connectivity index (χ3n) is 5.53. The summed E-state index contributed by atoms with van der Waals surface area (Å²) >= 11 is 0. The molecule has 2 N–H and O–H groups in total. The molecule has 25 heavy (non-hydrogen) atoms. The molecule has 1 fully saturated rings. The van der Waals surface area contributed by atoms with Gasteiger partial charge in [0.15, 0.2) is 0 Å². The number of nitrogens with one attached hydrogen (secondary N) is 1. The van der Waals surface area contributed by atoms with Crippen LogP contribution in [0.1, 0.15) is 49.8 Å². The summed E-state index contributed by atoms with van der Waals surface area (Å²) in [5.41, 5.74) is 1.99. The average molecular weight is 345 g/mol. The molecule has 5 heteroatoms. The third kappa shape index (κ3) is 4.73. The van der Waals surface area contributed by atoms with Gasteiger partial charge in [-0.15, -0.1) is 0 Å². The number of benzene rings is 1. The quantitative estimate of drug-likeness (QED) is 0.863. The van der Waals surface area contributed by atoms with Gasteiger partial charge in [-0.05, 0) is 55.9 Å². The van der Waals surface area contributed by atoms with E-state index in [0.717, 1.165) is 43.6 Å². The molecule has 2 aliphatic rings. The molecule has 1 unspecified atom stereocenters. The van der Waals surface area contributed by atoms with Crippen molar-refractivity contribution in [2.75, 3.05) is 32.7 Å². The Morgan fingerprint density at radius 3 is 2.80 bits per heavy atom. The van der Waals surface area contributed by atoms with Crippen molar-refractivity contribution in [3.05, 3.63) is 35.4 Å². The summed E-state index contributed by atoms with van der Waals surface area (Å²) in [6, 6.07) is 7.78. The lowest BCUT2D eigenvalue weighted by Gasteiger charge is -2.34. The molecule has 0 aromatic heterocycles. The minimum atomic E-state index is -0.586. The molecule has 1 aromatic rings. The van der Waals surface area contributed by atoms with Gasteiger partial charge >= 0.3 is 6.03 Å². The first-order valence-corrected chi connectivity index (χ1v) is 9.68. The van der Waals surface area contributed by atoms with Gasteiger partial charge < -0.3 is 20.2 Å². The second-order valence-electron chi connectivity index (χ2n) is 7.42. The van der Waals surface area contributed by atoms with E-state index in [1.54, 1.807) is 4.90 Å². The van der Waals surface area contributed by atoms with Crippen molar-refractivity contribution < 1.29 is 9.90 Å². The molecular formula is C20H31N3O2. The zero-order valence-electron chi connectivity index (χ0n) is 15.3. The summed E-state index contributed by atoms with van der Waals surface area (Å²) in [6.07, 6.45) is 4.27. The second-order valence-corrected chi connectivity index (χ2v) is 7.42. The Morgan fingerprint density at radius 1 is 1.28 bits per heavy atom. The van der Waals surface area contributed by atoms with Crippen molar-refractivity contribution in [1.29, 1.82) is 0 Å². The molecule has 0 radical (unpaired) electrons. The Balaban J connectivity index is 1.43. The maximum absolute atomic E-state index is 12.5. The summed E-state index contributed by atoms with van der Waals surface area (Å²) in [7, 11) is 0. The minimum absolute atomic E-state index is 0.0537. The number of unbranched alkanes of at least 4 members (excludes halogenated alkanes) is 1. The number of rotatable bonds is 5. The molecule has 0 aliphatic carbocycles. The van der Waals surface area contributed by atoms with E-state index in [9.17, 15) is 9.90 Å². The number of carbonyl (C=O) groups is 1. The zero-order valence-corrected chi connectivity index (χ0v) is 15.3. The van der Waals surface area contributed by atoms with Crippen LogP contribution in [0.15, 0.2) is 24.3 Å². The summed E-state index contributed by atoms with van der Waals surface area (Å²) in [5.74, 6) is 0.573. The topological polar surface area (TPSA) is 55.8 Å². The van der Waals surface area contributed by atoms with Gasteiger partial charge in [-0.2, -0.15) is 0 Å². The van der Waals surface area contributed by atoms with Gasteiger partial charge in [0.1, 0.15) is 0 Å². The highest BCUT2D eigenvalue weighted by molar-refractivity contribution is 5.74. The molecule has 138 valence electrons. The van der Waals surface area contributed by atoms with Crippen LogP contribution in [0.3, 0.4) is 0 Å². The first-order chi connectivity index (χ1) is 12.2. The molecule has 1 aromatic carbocycles. The molecule has 2 heterocycles. The van der Waals surface area contributed by atoms with Crippen molar-refractivity contribution >= 4 is 6.03 Å². The van der Waals surface area contributed by atoms with E-state index in [4.69, 9.17) is 0 Å². The smallest absolute Gasteiger partial charge is 0.317 e. The SMILES string of the molecule is CCCCN1CCC(CNC(=O)N2Cc3ccccc3C(O)C2)CC1. The molecule has 1 atom stereocenters.